The molecule has 146 valence electrons. The van der Waals surface area contributed by atoms with Crippen LogP contribution < -0.4 is 16.1 Å². The number of hydrogen-bond donors (Lipinski definition) is 4. The number of aryl methyl sites for hydroxylation is 1. The molecule has 0 aliphatic carbocycles. The zero-order chi connectivity index (χ0) is 20.2. The van der Waals surface area contributed by atoms with E-state index >= 15 is 0 Å². The first-order chi connectivity index (χ1) is 12.5. The predicted octanol–water partition coefficient (Wildman–Crippen LogP) is 1.76. The SMILES string of the molecule is Cc1cc(NC(=O)c2cccn2NC(=O)C(C)NC(=O)OC(C)(C)C)n[nH]1. The number of anilines is 1. The molecule has 27 heavy (non-hydrogen) atoms. The van der Waals surface area contributed by atoms with Gasteiger partial charge in [-0.3, -0.25) is 24.8 Å². The fourth-order valence-electron chi connectivity index (χ4n) is 2.09. The van der Waals surface area contributed by atoms with Crippen LogP contribution in [0.1, 0.15) is 43.9 Å². The number of nitrogens with one attached hydrogen (secondary N) is 4. The number of alkyl carbamates (subject to hydrolysis) is 1. The van der Waals surface area contributed by atoms with E-state index in [4.69, 9.17) is 4.74 Å². The number of aromatic nitrogens is 3. The molecule has 0 aliphatic rings. The number of aromatic amines is 1. The van der Waals surface area contributed by atoms with Crippen molar-refractivity contribution in [3.8, 4) is 0 Å². The lowest BCUT2D eigenvalue weighted by molar-refractivity contribution is -0.118. The fraction of sp³-hybridized carbons (Fsp3) is 0.412. The Morgan fingerprint density at radius 2 is 2.00 bits per heavy atom. The monoisotopic (exact) mass is 376 g/mol. The Bertz CT molecular complexity index is 833. The van der Waals surface area contributed by atoms with Crippen LogP contribution in [0.3, 0.4) is 0 Å². The molecule has 3 amide bonds. The van der Waals surface area contributed by atoms with Gasteiger partial charge in [-0.15, -0.1) is 0 Å². The summed E-state index contributed by atoms with van der Waals surface area (Å²) in [6, 6.07) is 3.96. The van der Waals surface area contributed by atoms with Gasteiger partial charge in [0.2, 0.25) is 0 Å². The van der Waals surface area contributed by atoms with Crippen molar-refractivity contribution in [2.45, 2.75) is 46.3 Å². The van der Waals surface area contributed by atoms with Gasteiger partial charge in [0.05, 0.1) is 0 Å². The molecule has 2 aromatic rings. The summed E-state index contributed by atoms with van der Waals surface area (Å²) in [4.78, 5) is 36.4. The molecule has 2 heterocycles. The molecule has 0 aromatic carbocycles. The van der Waals surface area contributed by atoms with E-state index in [0.29, 0.717) is 5.82 Å². The Kier molecular flexibility index (Phi) is 5.88. The van der Waals surface area contributed by atoms with Crippen LogP contribution >= 0.6 is 0 Å². The van der Waals surface area contributed by atoms with E-state index in [1.807, 2.05) is 6.92 Å². The van der Waals surface area contributed by atoms with Gasteiger partial charge in [-0.05, 0) is 46.8 Å². The molecule has 10 nitrogen and oxygen atoms in total. The lowest BCUT2D eigenvalue weighted by atomic mass is 10.2. The smallest absolute Gasteiger partial charge is 0.408 e. The standard InChI is InChI=1S/C17H24N6O4/c1-10-9-13(21-20-10)19-15(25)12-7-6-8-23(12)22-14(24)11(2)18-16(26)27-17(3,4)5/h6-9,11H,1-5H3,(H,18,26)(H,22,24)(H2,19,20,21,25). The van der Waals surface area contributed by atoms with Gasteiger partial charge in [0.1, 0.15) is 17.3 Å². The van der Waals surface area contributed by atoms with E-state index in [2.05, 4.69) is 26.3 Å². The molecule has 2 aromatic heterocycles. The third-order valence-electron chi connectivity index (χ3n) is 3.29. The third kappa shape index (κ3) is 5.87. The highest BCUT2D eigenvalue weighted by Crippen LogP contribution is 2.09. The molecular formula is C17H24N6O4. The minimum absolute atomic E-state index is 0.202. The number of amides is 3. The quantitative estimate of drug-likeness (QED) is 0.632. The van der Waals surface area contributed by atoms with Crippen molar-refractivity contribution >= 4 is 23.7 Å². The molecule has 0 fully saturated rings. The van der Waals surface area contributed by atoms with Crippen LogP contribution in [-0.4, -0.2) is 44.4 Å². The highest BCUT2D eigenvalue weighted by Gasteiger charge is 2.22. The van der Waals surface area contributed by atoms with Crippen LogP contribution in [-0.2, 0) is 9.53 Å². The summed E-state index contributed by atoms with van der Waals surface area (Å²) in [7, 11) is 0. The average Bonchev–Trinajstić information content (AvgIpc) is 3.14. The number of hydrogen-bond acceptors (Lipinski definition) is 5. The highest BCUT2D eigenvalue weighted by molar-refractivity contribution is 6.03. The number of rotatable bonds is 5. The predicted molar refractivity (Wildman–Crippen MR) is 98.9 cm³/mol. The lowest BCUT2D eigenvalue weighted by Gasteiger charge is -2.22. The summed E-state index contributed by atoms with van der Waals surface area (Å²) >= 11 is 0. The molecule has 0 aliphatic heterocycles. The van der Waals surface area contributed by atoms with Crippen molar-refractivity contribution in [3.63, 3.8) is 0 Å². The van der Waals surface area contributed by atoms with E-state index in [-0.39, 0.29) is 5.69 Å². The summed E-state index contributed by atoms with van der Waals surface area (Å²) in [5.74, 6) is -0.585. The number of nitrogens with zero attached hydrogens (tertiary/aromatic N) is 2. The normalized spacial score (nSPS) is 12.2. The van der Waals surface area contributed by atoms with E-state index in [1.54, 1.807) is 39.0 Å². The molecule has 0 saturated carbocycles. The summed E-state index contributed by atoms with van der Waals surface area (Å²) in [6.45, 7) is 8.49. The second kappa shape index (κ2) is 7.94. The van der Waals surface area contributed by atoms with Crippen LogP contribution in [0.25, 0.3) is 0 Å². The van der Waals surface area contributed by atoms with E-state index < -0.39 is 29.6 Å². The Morgan fingerprint density at radius 3 is 2.59 bits per heavy atom. The summed E-state index contributed by atoms with van der Waals surface area (Å²) in [5, 5.41) is 11.7. The second-order valence-corrected chi connectivity index (χ2v) is 7.00. The zero-order valence-electron chi connectivity index (χ0n) is 15.9. The molecule has 0 bridgehead atoms. The number of H-pyrrole nitrogens is 1. The molecule has 10 heteroatoms. The third-order valence-corrected chi connectivity index (χ3v) is 3.29. The molecule has 0 spiro atoms. The largest absolute Gasteiger partial charge is 0.444 e. The van der Waals surface area contributed by atoms with Crippen molar-refractivity contribution in [2.24, 2.45) is 0 Å². The minimum Gasteiger partial charge on any atom is -0.444 e. The van der Waals surface area contributed by atoms with Gasteiger partial charge >= 0.3 is 6.09 Å². The first-order valence-electron chi connectivity index (χ1n) is 8.36. The topological polar surface area (TPSA) is 130 Å². The first-order valence-corrected chi connectivity index (χ1v) is 8.36. The molecular weight excluding hydrogens is 352 g/mol. The molecule has 2 rings (SSSR count). The van der Waals surface area contributed by atoms with Crippen molar-refractivity contribution in [1.29, 1.82) is 0 Å². The minimum atomic E-state index is -0.868. The molecule has 4 N–H and O–H groups in total. The maximum absolute atomic E-state index is 12.4. The highest BCUT2D eigenvalue weighted by atomic mass is 16.6. The zero-order valence-corrected chi connectivity index (χ0v) is 15.9. The summed E-state index contributed by atoms with van der Waals surface area (Å²) < 4.78 is 6.38. The molecule has 0 saturated heterocycles. The van der Waals surface area contributed by atoms with Gasteiger partial charge in [0.15, 0.2) is 5.82 Å². The van der Waals surface area contributed by atoms with Crippen LogP contribution in [0.15, 0.2) is 24.4 Å². The van der Waals surface area contributed by atoms with Gasteiger partial charge in [0.25, 0.3) is 11.8 Å². The van der Waals surface area contributed by atoms with Gasteiger partial charge < -0.3 is 15.4 Å². The maximum atomic E-state index is 12.4. The fourth-order valence-corrected chi connectivity index (χ4v) is 2.09. The van der Waals surface area contributed by atoms with Crippen molar-refractivity contribution in [3.05, 3.63) is 35.8 Å². The van der Waals surface area contributed by atoms with Gasteiger partial charge in [-0.1, -0.05) is 0 Å². The Balaban J connectivity index is 1.97. The summed E-state index contributed by atoms with van der Waals surface area (Å²) in [6.07, 6.45) is 0.813. The van der Waals surface area contributed by atoms with Gasteiger partial charge in [0, 0.05) is 18.0 Å². The van der Waals surface area contributed by atoms with Crippen molar-refractivity contribution in [1.82, 2.24) is 20.2 Å². The van der Waals surface area contributed by atoms with E-state index in [9.17, 15) is 14.4 Å². The summed E-state index contributed by atoms with van der Waals surface area (Å²) in [5.41, 5.74) is 2.88. The van der Waals surface area contributed by atoms with E-state index in [1.165, 1.54) is 17.8 Å². The van der Waals surface area contributed by atoms with E-state index in [0.717, 1.165) is 5.69 Å². The van der Waals surface area contributed by atoms with Crippen LogP contribution in [0.4, 0.5) is 10.6 Å². The Labute approximate surface area is 156 Å². The Hall–Kier alpha value is -3.30. The molecule has 1 atom stereocenters. The van der Waals surface area contributed by atoms with Gasteiger partial charge in [-0.25, -0.2) is 4.79 Å². The molecule has 0 radical (unpaired) electrons. The number of carbonyl (C=O) groups excluding carboxylic acids is 3. The number of carbonyl (C=O) groups is 3. The second-order valence-electron chi connectivity index (χ2n) is 7.00. The van der Waals surface area contributed by atoms with Crippen molar-refractivity contribution in [2.75, 3.05) is 10.7 Å². The first kappa shape index (κ1) is 20.0. The number of ether oxygens (including phenoxy) is 1. The van der Waals surface area contributed by atoms with Crippen LogP contribution in [0.2, 0.25) is 0 Å². The van der Waals surface area contributed by atoms with Crippen LogP contribution in [0.5, 0.6) is 0 Å². The molecule has 1 unspecified atom stereocenters. The van der Waals surface area contributed by atoms with Crippen LogP contribution in [0, 0.1) is 6.92 Å². The maximum Gasteiger partial charge on any atom is 0.408 e. The Morgan fingerprint density at radius 1 is 1.30 bits per heavy atom. The van der Waals surface area contributed by atoms with Crippen molar-refractivity contribution < 1.29 is 19.1 Å². The van der Waals surface area contributed by atoms with Gasteiger partial charge in [-0.2, -0.15) is 5.10 Å². The lowest BCUT2D eigenvalue weighted by Crippen LogP contribution is -2.46. The average molecular weight is 376 g/mol.